The van der Waals surface area contributed by atoms with Gasteiger partial charge in [0, 0.05) is 15.0 Å². The van der Waals surface area contributed by atoms with Crippen molar-refractivity contribution >= 4 is 44.3 Å². The third-order valence-electron chi connectivity index (χ3n) is 2.04. The van der Waals surface area contributed by atoms with Crippen LogP contribution in [0.25, 0.3) is 0 Å². The summed E-state index contributed by atoms with van der Waals surface area (Å²) in [6.07, 6.45) is 1.02. The lowest BCUT2D eigenvalue weighted by Gasteiger charge is -2.15. The molecule has 0 aromatic heterocycles. The number of halogens is 3. The van der Waals surface area contributed by atoms with E-state index in [0.717, 1.165) is 15.4 Å². The fourth-order valence-corrected chi connectivity index (χ4v) is 2.76. The second-order valence-corrected chi connectivity index (χ2v) is 5.77. The molecule has 15 heavy (non-hydrogen) atoms. The lowest BCUT2D eigenvalue weighted by Crippen LogP contribution is -2.12. The topological polar surface area (TPSA) is 26.0 Å². The molecule has 2 N–H and O–H groups in total. The highest BCUT2D eigenvalue weighted by Crippen LogP contribution is 2.26. The van der Waals surface area contributed by atoms with E-state index in [4.69, 9.17) is 5.73 Å². The largest absolute Gasteiger partial charge is 0.324 e. The van der Waals surface area contributed by atoms with Crippen molar-refractivity contribution in [3.05, 3.63) is 32.7 Å². The van der Waals surface area contributed by atoms with Crippen LogP contribution in [-0.2, 0) is 0 Å². The van der Waals surface area contributed by atoms with Gasteiger partial charge in [-0.1, -0.05) is 45.7 Å². The van der Waals surface area contributed by atoms with Crippen molar-refractivity contribution in [1.82, 2.24) is 0 Å². The Morgan fingerprint density at radius 3 is 2.00 bits per heavy atom. The van der Waals surface area contributed by atoms with Gasteiger partial charge in [0.15, 0.2) is 0 Å². The first-order valence-electron chi connectivity index (χ1n) is 4.70. The zero-order valence-electron chi connectivity index (χ0n) is 8.84. The van der Waals surface area contributed by atoms with E-state index in [0.29, 0.717) is 5.92 Å². The van der Waals surface area contributed by atoms with Gasteiger partial charge in [0.05, 0.1) is 0 Å². The molecular weight excluding hydrogens is 341 g/mol. The van der Waals surface area contributed by atoms with Crippen LogP contribution in [0.1, 0.15) is 31.9 Å². The Morgan fingerprint density at radius 2 is 1.60 bits per heavy atom. The zero-order valence-corrected chi connectivity index (χ0v) is 12.8. The van der Waals surface area contributed by atoms with E-state index in [1.807, 2.05) is 6.07 Å². The molecule has 4 heteroatoms. The Balaban J connectivity index is 0.00000196. The number of benzene rings is 1. The quantitative estimate of drug-likeness (QED) is 0.835. The molecule has 0 aliphatic carbocycles. The lowest BCUT2D eigenvalue weighted by molar-refractivity contribution is 0.510. The van der Waals surface area contributed by atoms with E-state index in [9.17, 15) is 0 Å². The predicted molar refractivity (Wildman–Crippen MR) is 75.5 cm³/mol. The minimum absolute atomic E-state index is 0. The van der Waals surface area contributed by atoms with Gasteiger partial charge >= 0.3 is 0 Å². The van der Waals surface area contributed by atoms with Gasteiger partial charge in [-0.05, 0) is 36.1 Å². The molecule has 0 saturated carbocycles. The van der Waals surface area contributed by atoms with Crippen LogP contribution < -0.4 is 5.73 Å². The maximum absolute atomic E-state index is 6.09. The van der Waals surface area contributed by atoms with Gasteiger partial charge in [-0.25, -0.2) is 0 Å². The highest BCUT2D eigenvalue weighted by molar-refractivity contribution is 9.11. The van der Waals surface area contributed by atoms with Crippen molar-refractivity contribution in [1.29, 1.82) is 0 Å². The van der Waals surface area contributed by atoms with Gasteiger partial charge < -0.3 is 5.73 Å². The van der Waals surface area contributed by atoms with Gasteiger partial charge in [0.1, 0.15) is 0 Å². The summed E-state index contributed by atoms with van der Waals surface area (Å²) in [6, 6.07) is 6.31. The molecule has 1 nitrogen and oxygen atoms in total. The van der Waals surface area contributed by atoms with E-state index in [-0.39, 0.29) is 18.4 Å². The van der Waals surface area contributed by atoms with Gasteiger partial charge in [-0.3, -0.25) is 0 Å². The van der Waals surface area contributed by atoms with Crippen LogP contribution in [0.4, 0.5) is 0 Å². The molecule has 1 aromatic carbocycles. The van der Waals surface area contributed by atoms with Crippen molar-refractivity contribution in [2.75, 3.05) is 0 Å². The normalized spacial score (nSPS) is 12.4. The summed E-state index contributed by atoms with van der Waals surface area (Å²) < 4.78 is 2.14. The van der Waals surface area contributed by atoms with E-state index < -0.39 is 0 Å². The first kappa shape index (κ1) is 15.4. The van der Waals surface area contributed by atoms with Crippen LogP contribution >= 0.6 is 44.3 Å². The van der Waals surface area contributed by atoms with E-state index >= 15 is 0 Å². The Labute approximate surface area is 114 Å². The second-order valence-electron chi connectivity index (χ2n) is 3.94. The van der Waals surface area contributed by atoms with Gasteiger partial charge in [0.2, 0.25) is 0 Å². The molecule has 0 heterocycles. The number of hydrogen-bond donors (Lipinski definition) is 1. The summed E-state index contributed by atoms with van der Waals surface area (Å²) in [4.78, 5) is 0. The lowest BCUT2D eigenvalue weighted by atomic mass is 9.98. The highest BCUT2D eigenvalue weighted by atomic mass is 79.9. The molecule has 1 aromatic rings. The molecule has 1 atom stereocenters. The number of nitrogens with two attached hydrogens (primary N) is 1. The molecule has 0 spiro atoms. The molecule has 0 saturated heterocycles. The third-order valence-corrected chi connectivity index (χ3v) is 2.95. The minimum atomic E-state index is 0. The Morgan fingerprint density at radius 1 is 1.13 bits per heavy atom. The molecule has 0 amide bonds. The van der Waals surface area contributed by atoms with E-state index in [1.54, 1.807) is 0 Å². The van der Waals surface area contributed by atoms with Crippen LogP contribution in [0.5, 0.6) is 0 Å². The second kappa shape index (κ2) is 6.89. The van der Waals surface area contributed by atoms with E-state index in [2.05, 4.69) is 57.8 Å². The summed E-state index contributed by atoms with van der Waals surface area (Å²) in [7, 11) is 0. The molecular formula is C11H16Br2ClN. The Kier molecular flexibility index (Phi) is 7.09. The zero-order chi connectivity index (χ0) is 10.7. The summed E-state index contributed by atoms with van der Waals surface area (Å²) >= 11 is 6.92. The van der Waals surface area contributed by atoms with Crippen LogP contribution in [-0.4, -0.2) is 0 Å². The molecule has 0 aliphatic heterocycles. The number of rotatable bonds is 3. The summed E-state index contributed by atoms with van der Waals surface area (Å²) in [6.45, 7) is 4.37. The van der Waals surface area contributed by atoms with Crippen LogP contribution in [0.15, 0.2) is 27.1 Å². The molecule has 0 bridgehead atoms. The minimum Gasteiger partial charge on any atom is -0.324 e. The Bertz CT molecular complexity index is 295. The molecule has 0 radical (unpaired) electrons. The summed E-state index contributed by atoms with van der Waals surface area (Å²) in [5.41, 5.74) is 7.27. The fraction of sp³-hybridized carbons (Fsp3) is 0.455. The molecule has 0 fully saturated rings. The van der Waals surface area contributed by atoms with Crippen LogP contribution in [0.2, 0.25) is 0 Å². The van der Waals surface area contributed by atoms with E-state index in [1.165, 1.54) is 5.56 Å². The van der Waals surface area contributed by atoms with Crippen LogP contribution in [0, 0.1) is 5.92 Å². The maximum Gasteiger partial charge on any atom is 0.0298 e. The molecule has 0 unspecified atom stereocenters. The predicted octanol–water partition coefficient (Wildman–Crippen LogP) is 4.68. The highest BCUT2D eigenvalue weighted by Gasteiger charge is 2.09. The van der Waals surface area contributed by atoms with Gasteiger partial charge in [-0.15, -0.1) is 12.4 Å². The van der Waals surface area contributed by atoms with Gasteiger partial charge in [0.25, 0.3) is 0 Å². The average Bonchev–Trinajstić information content (AvgIpc) is 2.00. The SMILES string of the molecule is CC(C)C[C@H](N)c1cc(Br)cc(Br)c1.Cl. The third kappa shape index (κ3) is 5.34. The fourth-order valence-electron chi connectivity index (χ4n) is 1.43. The van der Waals surface area contributed by atoms with Crippen LogP contribution in [0.3, 0.4) is 0 Å². The van der Waals surface area contributed by atoms with Gasteiger partial charge in [-0.2, -0.15) is 0 Å². The summed E-state index contributed by atoms with van der Waals surface area (Å²) in [5.74, 6) is 0.628. The summed E-state index contributed by atoms with van der Waals surface area (Å²) in [5, 5.41) is 0. The smallest absolute Gasteiger partial charge is 0.0298 e. The van der Waals surface area contributed by atoms with Crippen molar-refractivity contribution in [2.24, 2.45) is 11.7 Å². The monoisotopic (exact) mass is 355 g/mol. The molecule has 0 aliphatic rings. The first-order chi connectivity index (χ1) is 6.49. The Hall–Kier alpha value is 0.430. The molecule has 1 rings (SSSR count). The van der Waals surface area contributed by atoms with Crippen molar-refractivity contribution in [3.63, 3.8) is 0 Å². The van der Waals surface area contributed by atoms with Crippen molar-refractivity contribution in [3.8, 4) is 0 Å². The maximum atomic E-state index is 6.09. The molecule has 86 valence electrons. The number of hydrogen-bond acceptors (Lipinski definition) is 1. The first-order valence-corrected chi connectivity index (χ1v) is 6.29. The van der Waals surface area contributed by atoms with Crippen molar-refractivity contribution < 1.29 is 0 Å². The van der Waals surface area contributed by atoms with Crippen molar-refractivity contribution in [2.45, 2.75) is 26.3 Å². The average molecular weight is 358 g/mol. The standard InChI is InChI=1S/C11H15Br2N.ClH/c1-7(2)3-11(14)8-4-9(12)6-10(13)5-8;/h4-7,11H,3,14H2,1-2H3;1H/t11-;/m0./s1.